The van der Waals surface area contributed by atoms with E-state index in [0.29, 0.717) is 30.9 Å². The molecule has 0 aliphatic heterocycles. The molecule has 6 nitrogen and oxygen atoms in total. The summed E-state index contributed by atoms with van der Waals surface area (Å²) in [4.78, 5) is 24.2. The molecular weight excluding hydrogens is 376 g/mol. The van der Waals surface area contributed by atoms with Gasteiger partial charge in [-0.05, 0) is 43.2 Å². The Labute approximate surface area is 166 Å². The lowest BCUT2D eigenvalue weighted by molar-refractivity contribution is 0.0993. The Morgan fingerprint density at radius 3 is 2.55 bits per heavy atom. The van der Waals surface area contributed by atoms with Gasteiger partial charge in [0.05, 0.1) is 0 Å². The Kier molecular flexibility index (Phi) is 4.92. The van der Waals surface area contributed by atoms with Gasteiger partial charge < -0.3 is 11.1 Å². The van der Waals surface area contributed by atoms with Crippen LogP contribution >= 0.6 is 0 Å². The van der Waals surface area contributed by atoms with Crippen LogP contribution in [0.5, 0.6) is 0 Å². The van der Waals surface area contributed by atoms with Gasteiger partial charge in [-0.15, -0.1) is 0 Å². The number of carbonyl (C=O) groups is 1. The number of hydrogen-bond donors (Lipinski definition) is 2. The lowest BCUT2D eigenvalue weighted by atomic mass is 9.65. The molecule has 1 aliphatic carbocycles. The van der Waals surface area contributed by atoms with Crippen molar-refractivity contribution in [3.63, 3.8) is 0 Å². The predicted octanol–water partition coefficient (Wildman–Crippen LogP) is 3.26. The van der Waals surface area contributed by atoms with Gasteiger partial charge in [0.1, 0.15) is 12.0 Å². The fraction of sp³-hybridized carbons (Fsp3) is 0.238. The minimum atomic E-state index is -0.845. The summed E-state index contributed by atoms with van der Waals surface area (Å²) in [6, 6.07) is 9.48. The molecule has 0 bridgehead atoms. The highest BCUT2D eigenvalue weighted by Gasteiger charge is 2.47. The number of anilines is 1. The molecule has 4 rings (SSSR count). The van der Waals surface area contributed by atoms with Gasteiger partial charge in [-0.3, -0.25) is 9.78 Å². The van der Waals surface area contributed by atoms with Gasteiger partial charge in [-0.1, -0.05) is 6.07 Å². The van der Waals surface area contributed by atoms with Crippen LogP contribution in [0.2, 0.25) is 0 Å². The number of alkyl halides is 1. The van der Waals surface area contributed by atoms with Gasteiger partial charge >= 0.3 is 0 Å². The van der Waals surface area contributed by atoms with E-state index in [4.69, 9.17) is 5.73 Å². The standard InChI is InChI=1S/C21H19F2N5O/c22-15-8-21(9-15,18-3-1-2-6-25-18)12-28-20-26-10-14(11-27-20)16-7-13(19(24)29)4-5-17(16)23/h1-7,10-11,15H,8-9,12H2,(H2,24,29)(H,26,27,28)/t15-,21-. The molecule has 1 saturated carbocycles. The van der Waals surface area contributed by atoms with Crippen molar-refractivity contribution in [2.24, 2.45) is 5.73 Å². The van der Waals surface area contributed by atoms with E-state index in [2.05, 4.69) is 20.3 Å². The molecule has 2 aromatic heterocycles. The van der Waals surface area contributed by atoms with Crippen LogP contribution in [0.15, 0.2) is 55.0 Å². The van der Waals surface area contributed by atoms with E-state index in [0.717, 1.165) is 5.69 Å². The number of hydrogen-bond acceptors (Lipinski definition) is 5. The summed E-state index contributed by atoms with van der Waals surface area (Å²) in [5.41, 5.74) is 6.51. The molecule has 1 amide bonds. The first kappa shape index (κ1) is 18.9. The van der Waals surface area contributed by atoms with E-state index >= 15 is 0 Å². The Morgan fingerprint density at radius 2 is 1.93 bits per heavy atom. The Morgan fingerprint density at radius 1 is 1.17 bits per heavy atom. The molecule has 3 aromatic rings. The Hall–Kier alpha value is -3.42. The van der Waals surface area contributed by atoms with Crippen molar-refractivity contribution >= 4 is 11.9 Å². The Balaban J connectivity index is 1.50. The predicted molar refractivity (Wildman–Crippen MR) is 104 cm³/mol. The summed E-state index contributed by atoms with van der Waals surface area (Å²) in [5.74, 6) is -0.799. The quantitative estimate of drug-likeness (QED) is 0.668. The number of primary amides is 1. The van der Waals surface area contributed by atoms with Crippen molar-refractivity contribution in [1.82, 2.24) is 15.0 Å². The molecule has 1 aromatic carbocycles. The first-order chi connectivity index (χ1) is 14.0. The van der Waals surface area contributed by atoms with Crippen LogP contribution in [0, 0.1) is 5.82 Å². The number of halogens is 2. The molecule has 148 valence electrons. The van der Waals surface area contributed by atoms with Gasteiger partial charge in [0.25, 0.3) is 0 Å². The van der Waals surface area contributed by atoms with Crippen molar-refractivity contribution in [3.8, 4) is 11.1 Å². The van der Waals surface area contributed by atoms with E-state index in [1.165, 1.54) is 30.6 Å². The molecule has 3 N–H and O–H groups in total. The summed E-state index contributed by atoms with van der Waals surface area (Å²) in [6.45, 7) is 0.440. The second-order valence-electron chi connectivity index (χ2n) is 7.21. The van der Waals surface area contributed by atoms with Crippen LogP contribution in [0.25, 0.3) is 11.1 Å². The van der Waals surface area contributed by atoms with E-state index in [-0.39, 0.29) is 11.1 Å². The van der Waals surface area contributed by atoms with Crippen LogP contribution < -0.4 is 11.1 Å². The third kappa shape index (κ3) is 3.78. The van der Waals surface area contributed by atoms with Gasteiger partial charge in [0, 0.05) is 52.9 Å². The molecular formula is C21H19F2N5O. The third-order valence-electron chi connectivity index (χ3n) is 5.23. The lowest BCUT2D eigenvalue weighted by Crippen LogP contribution is -2.48. The average molecular weight is 395 g/mol. The summed E-state index contributed by atoms with van der Waals surface area (Å²) in [5, 5.41) is 3.13. The number of nitrogens with two attached hydrogens (primary N) is 1. The minimum Gasteiger partial charge on any atom is -0.366 e. The molecule has 0 saturated heterocycles. The highest BCUT2D eigenvalue weighted by atomic mass is 19.1. The first-order valence-corrected chi connectivity index (χ1v) is 9.18. The van der Waals surface area contributed by atoms with Crippen LogP contribution in [0.3, 0.4) is 0 Å². The largest absolute Gasteiger partial charge is 0.366 e. The van der Waals surface area contributed by atoms with Crippen molar-refractivity contribution in [3.05, 3.63) is 72.1 Å². The maximum atomic E-state index is 14.1. The summed E-state index contributed by atoms with van der Waals surface area (Å²) in [7, 11) is 0. The summed E-state index contributed by atoms with van der Waals surface area (Å²) < 4.78 is 27.8. The smallest absolute Gasteiger partial charge is 0.248 e. The SMILES string of the molecule is NC(=O)c1ccc(F)c(-c2cnc(NC[C@]3(c4ccccn4)C[C@H](F)C3)nc2)c1. The maximum Gasteiger partial charge on any atom is 0.248 e. The van der Waals surface area contributed by atoms with Crippen molar-refractivity contribution < 1.29 is 13.6 Å². The number of nitrogens with zero attached hydrogens (tertiary/aromatic N) is 3. The monoisotopic (exact) mass is 395 g/mol. The molecule has 0 radical (unpaired) electrons. The molecule has 1 fully saturated rings. The molecule has 0 atom stereocenters. The maximum absolute atomic E-state index is 14.1. The fourth-order valence-electron chi connectivity index (χ4n) is 3.62. The zero-order valence-electron chi connectivity index (χ0n) is 15.5. The van der Waals surface area contributed by atoms with E-state index < -0.39 is 23.3 Å². The van der Waals surface area contributed by atoms with Gasteiger partial charge in [0.2, 0.25) is 11.9 Å². The topological polar surface area (TPSA) is 93.8 Å². The van der Waals surface area contributed by atoms with Gasteiger partial charge in [-0.2, -0.15) is 0 Å². The lowest BCUT2D eigenvalue weighted by Gasteiger charge is -2.43. The summed E-state index contributed by atoms with van der Waals surface area (Å²) >= 11 is 0. The number of pyridine rings is 1. The minimum absolute atomic E-state index is 0.192. The third-order valence-corrected chi connectivity index (χ3v) is 5.23. The summed E-state index contributed by atoms with van der Waals surface area (Å²) in [6.07, 6.45) is 4.56. The number of carbonyl (C=O) groups excluding carboxylic acids is 1. The zero-order chi connectivity index (χ0) is 20.4. The molecule has 0 unspecified atom stereocenters. The van der Waals surface area contributed by atoms with Crippen molar-refractivity contribution in [2.75, 3.05) is 11.9 Å². The molecule has 2 heterocycles. The zero-order valence-corrected chi connectivity index (χ0v) is 15.5. The Bertz CT molecular complexity index is 1020. The second-order valence-corrected chi connectivity index (χ2v) is 7.21. The second kappa shape index (κ2) is 7.54. The number of nitrogens with one attached hydrogen (secondary N) is 1. The first-order valence-electron chi connectivity index (χ1n) is 9.18. The number of benzene rings is 1. The fourth-order valence-corrected chi connectivity index (χ4v) is 3.62. The highest BCUT2D eigenvalue weighted by molar-refractivity contribution is 5.94. The molecule has 1 aliphatic rings. The molecule has 0 spiro atoms. The van der Waals surface area contributed by atoms with Crippen LogP contribution in [-0.4, -0.2) is 33.6 Å². The molecule has 29 heavy (non-hydrogen) atoms. The van der Waals surface area contributed by atoms with Crippen LogP contribution in [0.4, 0.5) is 14.7 Å². The van der Waals surface area contributed by atoms with Gasteiger partial charge in [0.15, 0.2) is 0 Å². The van der Waals surface area contributed by atoms with Gasteiger partial charge in [-0.25, -0.2) is 18.7 Å². The average Bonchev–Trinajstić information content (AvgIpc) is 2.71. The molecule has 8 heteroatoms. The van der Waals surface area contributed by atoms with E-state index in [1.54, 1.807) is 6.20 Å². The van der Waals surface area contributed by atoms with Crippen LogP contribution in [-0.2, 0) is 5.41 Å². The van der Waals surface area contributed by atoms with E-state index in [9.17, 15) is 13.6 Å². The number of amides is 1. The number of aromatic nitrogens is 3. The van der Waals surface area contributed by atoms with Crippen molar-refractivity contribution in [1.29, 1.82) is 0 Å². The normalized spacial score (nSPS) is 20.7. The van der Waals surface area contributed by atoms with Crippen molar-refractivity contribution in [2.45, 2.75) is 24.4 Å². The van der Waals surface area contributed by atoms with E-state index in [1.807, 2.05) is 18.2 Å². The van der Waals surface area contributed by atoms with Crippen LogP contribution in [0.1, 0.15) is 28.9 Å². The highest BCUT2D eigenvalue weighted by Crippen LogP contribution is 2.44. The number of rotatable bonds is 6.